The van der Waals surface area contributed by atoms with Gasteiger partial charge in [-0.15, -0.1) is 5.01 Å². The lowest BCUT2D eigenvalue weighted by molar-refractivity contribution is -0.130. The van der Waals surface area contributed by atoms with Gasteiger partial charge in [0.05, 0.1) is 11.8 Å². The van der Waals surface area contributed by atoms with E-state index in [9.17, 15) is 18.4 Å². The van der Waals surface area contributed by atoms with E-state index in [4.69, 9.17) is 0 Å². The molecule has 1 atom stereocenters. The fraction of sp³-hybridized carbons (Fsp3) is 0.211. The van der Waals surface area contributed by atoms with E-state index in [2.05, 4.69) is 10.4 Å². The zero-order valence-electron chi connectivity index (χ0n) is 14.1. The zero-order valence-corrected chi connectivity index (χ0v) is 14.1. The van der Waals surface area contributed by atoms with Crippen LogP contribution in [-0.4, -0.2) is 28.7 Å². The van der Waals surface area contributed by atoms with E-state index in [0.29, 0.717) is 17.9 Å². The fourth-order valence-electron chi connectivity index (χ4n) is 2.73. The maximum absolute atomic E-state index is 13.6. The van der Waals surface area contributed by atoms with E-state index >= 15 is 0 Å². The molecule has 7 heteroatoms. The molecule has 0 bridgehead atoms. The maximum atomic E-state index is 13.6. The van der Waals surface area contributed by atoms with E-state index in [0.717, 1.165) is 23.9 Å². The van der Waals surface area contributed by atoms with Crippen molar-refractivity contribution in [1.82, 2.24) is 10.3 Å². The van der Waals surface area contributed by atoms with Crippen molar-refractivity contribution in [3.8, 4) is 0 Å². The molecule has 2 aromatic carbocycles. The van der Waals surface area contributed by atoms with Crippen LogP contribution in [0.5, 0.6) is 0 Å². The average molecular weight is 357 g/mol. The molecule has 1 saturated heterocycles. The van der Waals surface area contributed by atoms with Crippen molar-refractivity contribution in [2.75, 3.05) is 0 Å². The smallest absolute Gasteiger partial charge is 0.322 e. The summed E-state index contributed by atoms with van der Waals surface area (Å²) in [7, 11) is 0. The number of halogens is 2. The van der Waals surface area contributed by atoms with Crippen LogP contribution < -0.4 is 5.32 Å². The molecule has 134 valence electrons. The van der Waals surface area contributed by atoms with Crippen molar-refractivity contribution < 1.29 is 18.4 Å². The molecule has 5 nitrogen and oxygen atoms in total. The van der Waals surface area contributed by atoms with Gasteiger partial charge >= 0.3 is 6.03 Å². The normalized spacial score (nSPS) is 20.0. The molecule has 0 aliphatic carbocycles. The van der Waals surface area contributed by atoms with Crippen molar-refractivity contribution in [2.45, 2.75) is 25.3 Å². The number of hydrazone groups is 1. The van der Waals surface area contributed by atoms with E-state index in [-0.39, 0.29) is 0 Å². The number of carbonyl (C=O) groups excluding carboxylic acids is 2. The van der Waals surface area contributed by atoms with Crippen LogP contribution in [0, 0.1) is 11.6 Å². The van der Waals surface area contributed by atoms with Crippen LogP contribution in [0.15, 0.2) is 53.6 Å². The van der Waals surface area contributed by atoms with Crippen LogP contribution in [0.4, 0.5) is 13.6 Å². The van der Waals surface area contributed by atoms with Crippen LogP contribution in [0.2, 0.25) is 0 Å². The Morgan fingerprint density at radius 2 is 1.73 bits per heavy atom. The number of carbonyl (C=O) groups is 2. The summed E-state index contributed by atoms with van der Waals surface area (Å²) >= 11 is 0. The number of benzene rings is 2. The van der Waals surface area contributed by atoms with Crippen LogP contribution in [-0.2, 0) is 11.2 Å². The fourth-order valence-corrected chi connectivity index (χ4v) is 2.73. The minimum absolute atomic E-state index is 0.377. The molecule has 1 fully saturated rings. The molecule has 3 amide bonds. The number of aryl methyl sites for hydroxylation is 1. The van der Waals surface area contributed by atoms with Gasteiger partial charge in [0.2, 0.25) is 0 Å². The predicted molar refractivity (Wildman–Crippen MR) is 92.5 cm³/mol. The van der Waals surface area contributed by atoms with E-state index in [1.807, 2.05) is 30.3 Å². The summed E-state index contributed by atoms with van der Waals surface area (Å²) in [5, 5.41) is 6.90. The Balaban J connectivity index is 1.75. The molecule has 2 aromatic rings. The number of hydrogen-bond donors (Lipinski definition) is 1. The van der Waals surface area contributed by atoms with Gasteiger partial charge in [0.15, 0.2) is 0 Å². The Morgan fingerprint density at radius 1 is 1.08 bits per heavy atom. The van der Waals surface area contributed by atoms with Crippen molar-refractivity contribution in [2.24, 2.45) is 5.10 Å². The largest absolute Gasteiger partial charge is 0.346 e. The SMILES string of the molecule is C[C@@]1(CCc2ccccc2)NC(=O)N(N=Cc2c(F)cccc2F)C1=O. The molecule has 0 spiro atoms. The molecule has 1 N–H and O–H groups in total. The monoisotopic (exact) mass is 357 g/mol. The quantitative estimate of drug-likeness (QED) is 0.660. The summed E-state index contributed by atoms with van der Waals surface area (Å²) in [6.07, 6.45) is 1.80. The van der Waals surface area contributed by atoms with Crippen molar-refractivity contribution in [1.29, 1.82) is 0 Å². The first kappa shape index (κ1) is 17.7. The zero-order chi connectivity index (χ0) is 18.7. The third kappa shape index (κ3) is 3.46. The second kappa shape index (κ2) is 7.03. The van der Waals surface area contributed by atoms with Gasteiger partial charge in [0, 0.05) is 0 Å². The minimum Gasteiger partial charge on any atom is -0.322 e. The molecule has 0 unspecified atom stereocenters. The highest BCUT2D eigenvalue weighted by atomic mass is 19.1. The number of rotatable bonds is 5. The molecule has 1 aliphatic rings. The van der Waals surface area contributed by atoms with Gasteiger partial charge in [-0.3, -0.25) is 4.79 Å². The topological polar surface area (TPSA) is 61.8 Å². The third-order valence-corrected chi connectivity index (χ3v) is 4.30. The van der Waals surface area contributed by atoms with Gasteiger partial charge in [0.1, 0.15) is 17.2 Å². The number of amides is 3. The van der Waals surface area contributed by atoms with E-state index in [1.165, 1.54) is 6.07 Å². The average Bonchev–Trinajstić information content (AvgIpc) is 2.84. The number of hydrogen-bond acceptors (Lipinski definition) is 3. The van der Waals surface area contributed by atoms with Crippen LogP contribution in [0.25, 0.3) is 0 Å². The summed E-state index contributed by atoms with van der Waals surface area (Å²) < 4.78 is 27.3. The predicted octanol–water partition coefficient (Wildman–Crippen LogP) is 3.24. The molecule has 3 rings (SSSR count). The second-order valence-corrected chi connectivity index (χ2v) is 6.24. The van der Waals surface area contributed by atoms with Crippen LogP contribution >= 0.6 is 0 Å². The highest BCUT2D eigenvalue weighted by Gasteiger charge is 2.47. The lowest BCUT2D eigenvalue weighted by Gasteiger charge is -2.20. The Kier molecular flexibility index (Phi) is 4.79. The highest BCUT2D eigenvalue weighted by molar-refractivity contribution is 6.07. The first-order valence-corrected chi connectivity index (χ1v) is 8.09. The Morgan fingerprint density at radius 3 is 2.38 bits per heavy atom. The van der Waals surface area contributed by atoms with Gasteiger partial charge in [-0.25, -0.2) is 13.6 Å². The number of urea groups is 1. The summed E-state index contributed by atoms with van der Waals surface area (Å²) in [5.41, 5.74) is -0.505. The summed E-state index contributed by atoms with van der Waals surface area (Å²) in [6, 6.07) is 12.2. The third-order valence-electron chi connectivity index (χ3n) is 4.30. The van der Waals surface area contributed by atoms with E-state index in [1.54, 1.807) is 6.92 Å². The van der Waals surface area contributed by atoms with Crippen molar-refractivity contribution in [3.63, 3.8) is 0 Å². The van der Waals surface area contributed by atoms with Gasteiger partial charge in [-0.05, 0) is 37.5 Å². The molecule has 0 saturated carbocycles. The number of nitrogens with zero attached hydrogens (tertiary/aromatic N) is 2. The van der Waals surface area contributed by atoms with E-state index < -0.39 is 34.7 Å². The lowest BCUT2D eigenvalue weighted by atomic mass is 9.93. The first-order chi connectivity index (χ1) is 12.4. The summed E-state index contributed by atoms with van der Waals surface area (Å²) in [4.78, 5) is 24.7. The molecule has 1 heterocycles. The number of imide groups is 1. The van der Waals surface area contributed by atoms with Crippen LogP contribution in [0.3, 0.4) is 0 Å². The Labute approximate surface area is 149 Å². The molecular weight excluding hydrogens is 340 g/mol. The second-order valence-electron chi connectivity index (χ2n) is 6.24. The molecule has 0 aromatic heterocycles. The number of nitrogens with one attached hydrogen (secondary N) is 1. The van der Waals surface area contributed by atoms with Gasteiger partial charge in [-0.1, -0.05) is 36.4 Å². The Hall–Kier alpha value is -3.09. The standard InChI is InChI=1S/C19H17F2N3O2/c1-19(11-10-13-6-3-2-4-7-13)17(25)24(18(26)23-19)22-12-14-15(20)8-5-9-16(14)21/h2-9,12H,10-11H2,1H3,(H,23,26)/t19-/m0/s1. The van der Waals surface area contributed by atoms with Gasteiger partial charge in [-0.2, -0.15) is 5.10 Å². The van der Waals surface area contributed by atoms with Crippen LogP contribution in [0.1, 0.15) is 24.5 Å². The molecule has 0 radical (unpaired) electrons. The van der Waals surface area contributed by atoms with Crippen molar-refractivity contribution >= 4 is 18.2 Å². The van der Waals surface area contributed by atoms with Gasteiger partial charge < -0.3 is 5.32 Å². The molecule has 1 aliphatic heterocycles. The summed E-state index contributed by atoms with van der Waals surface area (Å²) in [6.45, 7) is 1.61. The maximum Gasteiger partial charge on any atom is 0.346 e. The molecular formula is C19H17F2N3O2. The van der Waals surface area contributed by atoms with Gasteiger partial charge in [0.25, 0.3) is 5.91 Å². The van der Waals surface area contributed by atoms with Crippen molar-refractivity contribution in [3.05, 3.63) is 71.3 Å². The highest BCUT2D eigenvalue weighted by Crippen LogP contribution is 2.23. The summed E-state index contributed by atoms with van der Waals surface area (Å²) in [5.74, 6) is -2.22. The minimum atomic E-state index is -1.13. The Bertz CT molecular complexity index is 850. The molecule has 26 heavy (non-hydrogen) atoms. The first-order valence-electron chi connectivity index (χ1n) is 8.09. The lowest BCUT2D eigenvalue weighted by Crippen LogP contribution is -2.44.